The minimum Gasteiger partial charge on any atom is -0.507 e. The number of aliphatic hydroxyl groups excluding tert-OH is 1. The summed E-state index contributed by atoms with van der Waals surface area (Å²) in [4.78, 5) is 43.7. The number of β-amino-alcohol motifs (C(OH)–C–C–N with tert-alkyl or cyclic N) is 1. The lowest BCUT2D eigenvalue weighted by molar-refractivity contribution is -0.141. The molecule has 18 nitrogen and oxygen atoms in total. The Kier molecular flexibility index (Phi) is 15.3. The number of carbonyl (C=O) groups excluding carboxylic acids is 2. The fourth-order valence-corrected chi connectivity index (χ4v) is 12.8. The average molecular weight is 1060 g/mol. The predicted octanol–water partition coefficient (Wildman–Crippen LogP) is 7.21. The number of likely N-dealkylation sites (tertiary alicyclic amines) is 2. The SMILES string of the molecule is CC(C)[C@H](C(=O)N1C[C@H](O)C[C@H]1C(=O)N[C@@H](C)c1ccc(Cl)cc1)c1cc(N2CCC(CN3CCC(OC4CC(Oc5cc(N6C7CCC6CN(c6cc(-c8ccccc8O)nnc6N)C7)ccn5)C4)CC3)CC2)no1. The number of anilines is 4. The number of nitrogens with two attached hydrogens (primary N) is 1. The molecule has 11 rings (SSSR count). The Bertz CT molecular complexity index is 2800. The molecule has 5 aromatic rings. The van der Waals surface area contributed by atoms with Gasteiger partial charge in [0.1, 0.15) is 23.8 Å². The van der Waals surface area contributed by atoms with Crippen molar-refractivity contribution in [3.05, 3.63) is 95.3 Å². The number of carbonyl (C=O) groups is 2. The van der Waals surface area contributed by atoms with Gasteiger partial charge in [-0.05, 0) is 99.2 Å². The van der Waals surface area contributed by atoms with Crippen molar-refractivity contribution in [1.82, 2.24) is 35.5 Å². The lowest BCUT2D eigenvalue weighted by Crippen LogP contribution is -2.54. The molecule has 3 aromatic heterocycles. The third-order valence-electron chi connectivity index (χ3n) is 16.9. The van der Waals surface area contributed by atoms with Gasteiger partial charge in [-0.1, -0.05) is 54.9 Å². The van der Waals surface area contributed by atoms with Crippen molar-refractivity contribution in [3.63, 3.8) is 0 Å². The van der Waals surface area contributed by atoms with E-state index in [1.54, 1.807) is 24.3 Å². The third kappa shape index (κ3) is 11.3. The molecule has 6 atom stereocenters. The molecule has 2 bridgehead atoms. The molecule has 5 aliphatic heterocycles. The lowest BCUT2D eigenvalue weighted by Gasteiger charge is -2.43. The van der Waals surface area contributed by atoms with Gasteiger partial charge in [-0.25, -0.2) is 4.98 Å². The number of halogens is 1. The molecule has 6 aliphatic rings. The van der Waals surface area contributed by atoms with Crippen molar-refractivity contribution in [2.24, 2.45) is 11.8 Å². The summed E-state index contributed by atoms with van der Waals surface area (Å²) in [6.45, 7) is 12.4. The van der Waals surface area contributed by atoms with E-state index in [0.717, 1.165) is 120 Å². The van der Waals surface area contributed by atoms with Crippen molar-refractivity contribution >= 4 is 46.4 Å². The standard InChI is InChI=1S/C57H72ClN11O7/c1-34(2)54(57(73)68-33-42(70)25-49(68)56(72)61-35(3)37-8-10-38(58)11-9-37)51-29-52(64-76-51)66-22-15-36(16-23-66)30-65-20-17-43(18-21-65)74-44-26-45(27-44)75-53-24-39(14-19-60-53)69-40-12-13-41(69)32-67(31-40)48-28-47(62-63-55(48)59)46-6-4-5-7-50(46)71/h4-11,14,19,24,28-29,34-36,40-45,49,54,70-71H,12-13,15-18,20-23,25-27,30-33H2,1-3H3,(H2,59,63)(H,61,72)/t35-,40?,41?,42+,44?,45?,49-,54-/m0/s1. The van der Waals surface area contributed by atoms with Gasteiger partial charge in [0.2, 0.25) is 17.7 Å². The zero-order chi connectivity index (χ0) is 52.6. The van der Waals surface area contributed by atoms with Gasteiger partial charge in [0, 0.05) is 118 Å². The number of rotatable bonds is 16. The van der Waals surface area contributed by atoms with Crippen LogP contribution in [0.25, 0.3) is 11.3 Å². The number of hydrogen-bond acceptors (Lipinski definition) is 16. The number of pyridine rings is 1. The molecule has 404 valence electrons. The lowest BCUT2D eigenvalue weighted by atomic mass is 9.91. The molecule has 0 spiro atoms. The first kappa shape index (κ1) is 51.9. The highest BCUT2D eigenvalue weighted by Gasteiger charge is 2.45. The number of ether oxygens (including phenoxy) is 2. The molecule has 5 saturated heterocycles. The van der Waals surface area contributed by atoms with E-state index in [2.05, 4.69) is 57.4 Å². The van der Waals surface area contributed by atoms with Gasteiger partial charge in [-0.15, -0.1) is 10.2 Å². The molecule has 19 heteroatoms. The summed E-state index contributed by atoms with van der Waals surface area (Å²) in [7, 11) is 0. The van der Waals surface area contributed by atoms with Gasteiger partial charge >= 0.3 is 0 Å². The molecular weight excluding hydrogens is 986 g/mol. The van der Waals surface area contributed by atoms with Crippen LogP contribution < -0.4 is 30.5 Å². The number of piperidine rings is 2. The van der Waals surface area contributed by atoms with E-state index in [1.165, 1.54) is 4.90 Å². The van der Waals surface area contributed by atoms with Crippen molar-refractivity contribution in [3.8, 4) is 22.9 Å². The number of fused-ring (bicyclic) bond motifs is 2. The van der Waals surface area contributed by atoms with Crippen LogP contribution in [0.5, 0.6) is 11.6 Å². The number of nitrogens with zero attached hydrogens (tertiary/aromatic N) is 9. The summed E-state index contributed by atoms with van der Waals surface area (Å²) in [5.74, 6) is 1.69. The normalized spacial score (nSPS) is 25.2. The van der Waals surface area contributed by atoms with Crippen molar-refractivity contribution in [1.29, 1.82) is 0 Å². The van der Waals surface area contributed by atoms with E-state index in [4.69, 9.17) is 31.3 Å². The highest BCUT2D eigenvalue weighted by molar-refractivity contribution is 6.30. The first-order valence-electron chi connectivity index (χ1n) is 27.5. The van der Waals surface area contributed by atoms with Crippen LogP contribution in [0.3, 0.4) is 0 Å². The average Bonchev–Trinajstić information content (AvgIpc) is 4.14. The van der Waals surface area contributed by atoms with Crippen LogP contribution in [0.1, 0.15) is 102 Å². The number of piperazine rings is 1. The molecular formula is C57H72ClN11O7. The van der Waals surface area contributed by atoms with Crippen molar-refractivity contribution in [2.75, 3.05) is 72.8 Å². The second kappa shape index (κ2) is 22.4. The van der Waals surface area contributed by atoms with Crippen LogP contribution in [0.4, 0.5) is 23.0 Å². The Morgan fingerprint density at radius 1 is 0.842 bits per heavy atom. The third-order valence-corrected chi connectivity index (χ3v) is 17.1. The molecule has 5 N–H and O–H groups in total. The van der Waals surface area contributed by atoms with E-state index in [1.807, 2.05) is 63.4 Å². The van der Waals surface area contributed by atoms with Gasteiger partial charge in [-0.2, -0.15) is 0 Å². The number of aromatic hydroxyl groups is 1. The topological polar surface area (TPSA) is 212 Å². The summed E-state index contributed by atoms with van der Waals surface area (Å²) in [5.41, 5.74) is 10.5. The zero-order valence-corrected chi connectivity index (χ0v) is 44.5. The van der Waals surface area contributed by atoms with Gasteiger partial charge in [0.15, 0.2) is 17.4 Å². The summed E-state index contributed by atoms with van der Waals surface area (Å²) in [6.07, 6.45) is 9.84. The number of phenolic OH excluding ortho intramolecular Hbond substituents is 1. The molecule has 2 unspecified atom stereocenters. The maximum Gasteiger partial charge on any atom is 0.243 e. The summed E-state index contributed by atoms with van der Waals surface area (Å²) < 4.78 is 19.0. The smallest absolute Gasteiger partial charge is 0.243 e. The summed E-state index contributed by atoms with van der Waals surface area (Å²) in [6, 6.07) is 22.0. The van der Waals surface area contributed by atoms with Crippen LogP contribution in [-0.4, -0.2) is 147 Å². The van der Waals surface area contributed by atoms with E-state index in [0.29, 0.717) is 51.7 Å². The minimum absolute atomic E-state index is 0.0825. The number of amides is 2. The number of aliphatic hydroxyl groups is 1. The fraction of sp³-hybridized carbons (Fsp3) is 0.544. The number of hydrogen-bond donors (Lipinski definition) is 4. The largest absolute Gasteiger partial charge is 0.507 e. The van der Waals surface area contributed by atoms with Gasteiger partial charge in [-0.3, -0.25) is 9.59 Å². The van der Waals surface area contributed by atoms with Crippen molar-refractivity contribution in [2.45, 2.75) is 133 Å². The second-order valence-electron chi connectivity index (χ2n) is 22.5. The molecule has 2 amide bonds. The van der Waals surface area contributed by atoms with Crippen LogP contribution in [0.2, 0.25) is 5.02 Å². The van der Waals surface area contributed by atoms with Gasteiger partial charge in [0.05, 0.1) is 35.7 Å². The second-order valence-corrected chi connectivity index (χ2v) is 22.9. The molecule has 76 heavy (non-hydrogen) atoms. The Hall–Kier alpha value is -6.21. The molecule has 1 saturated carbocycles. The Morgan fingerprint density at radius 2 is 1.58 bits per heavy atom. The monoisotopic (exact) mass is 1060 g/mol. The Morgan fingerprint density at radius 3 is 2.30 bits per heavy atom. The maximum absolute atomic E-state index is 14.3. The molecule has 2 aromatic carbocycles. The summed E-state index contributed by atoms with van der Waals surface area (Å²) >= 11 is 6.07. The number of nitrogen functional groups attached to an aromatic ring is 1. The van der Waals surface area contributed by atoms with Crippen molar-refractivity contribution < 1.29 is 33.8 Å². The Balaban J connectivity index is 0.600. The van der Waals surface area contributed by atoms with Crippen LogP contribution in [-0.2, 0) is 14.3 Å². The number of para-hydroxylation sites is 1. The predicted molar refractivity (Wildman–Crippen MR) is 290 cm³/mol. The minimum atomic E-state index is -0.799. The highest BCUT2D eigenvalue weighted by atomic mass is 35.5. The van der Waals surface area contributed by atoms with Gasteiger partial charge < -0.3 is 59.8 Å². The number of nitrogens with one attached hydrogen (secondary N) is 1. The number of aromatic nitrogens is 4. The number of phenols is 1. The van der Waals surface area contributed by atoms with Crippen LogP contribution in [0, 0.1) is 11.8 Å². The highest BCUT2D eigenvalue weighted by Crippen LogP contribution is 2.41. The van der Waals surface area contributed by atoms with Crippen LogP contribution in [0.15, 0.2) is 83.5 Å². The van der Waals surface area contributed by atoms with E-state index < -0.39 is 18.1 Å². The van der Waals surface area contributed by atoms with E-state index >= 15 is 0 Å². The van der Waals surface area contributed by atoms with E-state index in [-0.39, 0.29) is 60.8 Å². The molecule has 6 fully saturated rings. The van der Waals surface area contributed by atoms with Gasteiger partial charge in [0.25, 0.3) is 0 Å². The molecule has 1 aliphatic carbocycles. The number of benzene rings is 2. The Labute approximate surface area is 449 Å². The van der Waals surface area contributed by atoms with Crippen LogP contribution >= 0.6 is 11.6 Å². The first-order chi connectivity index (χ1) is 36.8. The summed E-state index contributed by atoms with van der Waals surface area (Å²) in [5, 5.41) is 37.8. The molecule has 0 radical (unpaired) electrons. The fourth-order valence-electron chi connectivity index (χ4n) is 12.7. The quantitative estimate of drug-likeness (QED) is 0.0769. The first-order valence-corrected chi connectivity index (χ1v) is 27.9. The zero-order valence-electron chi connectivity index (χ0n) is 43.8. The van der Waals surface area contributed by atoms with E-state index in [9.17, 15) is 19.8 Å². The molecule has 8 heterocycles. The maximum atomic E-state index is 14.3.